The lowest BCUT2D eigenvalue weighted by Gasteiger charge is -2.09. The molecule has 0 aromatic carbocycles. The fourth-order valence-electron chi connectivity index (χ4n) is 1.52. The van der Waals surface area contributed by atoms with Crippen molar-refractivity contribution in [2.45, 2.75) is 25.5 Å². The molecule has 1 fully saturated rings. The van der Waals surface area contributed by atoms with Crippen LogP contribution in [0.25, 0.3) is 0 Å². The van der Waals surface area contributed by atoms with Gasteiger partial charge in [0, 0.05) is 21.3 Å². The van der Waals surface area contributed by atoms with Crippen LogP contribution in [0.15, 0.2) is 15.9 Å². The van der Waals surface area contributed by atoms with Crippen molar-refractivity contribution >= 4 is 33.2 Å². The molecule has 5 heteroatoms. The van der Waals surface area contributed by atoms with Crippen molar-refractivity contribution in [1.29, 1.82) is 0 Å². The summed E-state index contributed by atoms with van der Waals surface area (Å²) < 4.78 is 6.35. The van der Waals surface area contributed by atoms with Gasteiger partial charge in [-0.25, -0.2) is 0 Å². The Hall–Kier alpha value is -0.390. The maximum absolute atomic E-state index is 11.6. The van der Waals surface area contributed by atoms with E-state index in [9.17, 15) is 4.79 Å². The van der Waals surface area contributed by atoms with E-state index in [0.717, 1.165) is 22.2 Å². The van der Waals surface area contributed by atoms with Gasteiger partial charge in [-0.2, -0.15) is 0 Å². The van der Waals surface area contributed by atoms with Crippen LogP contribution < -0.4 is 5.32 Å². The molecule has 3 nitrogen and oxygen atoms in total. The highest BCUT2D eigenvalue weighted by Crippen LogP contribution is 2.19. The SMILES string of the molecule is O=C(NCc1cc(Br)cs1)C1CCCO1. The Morgan fingerprint density at radius 2 is 2.60 bits per heavy atom. The number of amides is 1. The molecule has 2 heterocycles. The van der Waals surface area contributed by atoms with Gasteiger partial charge in [0.1, 0.15) is 6.10 Å². The molecule has 2 rings (SSSR count). The van der Waals surface area contributed by atoms with Crippen LogP contribution in [0.1, 0.15) is 17.7 Å². The Kier molecular flexibility index (Phi) is 3.77. The highest BCUT2D eigenvalue weighted by molar-refractivity contribution is 9.10. The van der Waals surface area contributed by atoms with Gasteiger partial charge in [-0.15, -0.1) is 11.3 Å². The number of carbonyl (C=O) groups is 1. The second-order valence-corrected chi connectivity index (χ2v) is 5.36. The predicted octanol–water partition coefficient (Wildman–Crippen LogP) is 2.31. The Bertz CT molecular complexity index is 347. The summed E-state index contributed by atoms with van der Waals surface area (Å²) in [6, 6.07) is 2.01. The van der Waals surface area contributed by atoms with Crippen LogP contribution in [0.2, 0.25) is 0 Å². The first kappa shape index (κ1) is 11.1. The fraction of sp³-hybridized carbons (Fsp3) is 0.500. The Morgan fingerprint density at radius 1 is 1.73 bits per heavy atom. The summed E-state index contributed by atoms with van der Waals surface area (Å²) >= 11 is 5.01. The summed E-state index contributed by atoms with van der Waals surface area (Å²) in [4.78, 5) is 12.7. The summed E-state index contributed by atoms with van der Waals surface area (Å²) in [6.07, 6.45) is 1.61. The summed E-state index contributed by atoms with van der Waals surface area (Å²) in [7, 11) is 0. The van der Waals surface area contributed by atoms with E-state index in [1.54, 1.807) is 11.3 Å². The van der Waals surface area contributed by atoms with Crippen molar-refractivity contribution in [3.05, 3.63) is 20.8 Å². The van der Waals surface area contributed by atoms with E-state index in [-0.39, 0.29) is 12.0 Å². The van der Waals surface area contributed by atoms with Gasteiger partial charge in [0.15, 0.2) is 0 Å². The van der Waals surface area contributed by atoms with Crippen LogP contribution in [0.4, 0.5) is 0 Å². The number of ether oxygens (including phenoxy) is 1. The second kappa shape index (κ2) is 5.09. The zero-order chi connectivity index (χ0) is 10.7. The van der Waals surface area contributed by atoms with Crippen molar-refractivity contribution in [2.75, 3.05) is 6.61 Å². The topological polar surface area (TPSA) is 38.3 Å². The fourth-order valence-corrected chi connectivity index (χ4v) is 2.91. The molecule has 82 valence electrons. The first-order chi connectivity index (χ1) is 7.25. The summed E-state index contributed by atoms with van der Waals surface area (Å²) in [6.45, 7) is 1.30. The monoisotopic (exact) mass is 289 g/mol. The predicted molar refractivity (Wildman–Crippen MR) is 62.8 cm³/mol. The standard InChI is InChI=1S/C10H12BrNO2S/c11-7-4-8(15-6-7)5-12-10(13)9-2-1-3-14-9/h4,6,9H,1-3,5H2,(H,12,13). The Morgan fingerprint density at radius 3 is 3.20 bits per heavy atom. The van der Waals surface area contributed by atoms with Crippen LogP contribution >= 0.6 is 27.3 Å². The van der Waals surface area contributed by atoms with E-state index in [4.69, 9.17) is 4.74 Å². The van der Waals surface area contributed by atoms with Crippen LogP contribution in [-0.2, 0) is 16.1 Å². The molecular weight excluding hydrogens is 278 g/mol. The number of hydrogen-bond donors (Lipinski definition) is 1. The lowest BCUT2D eigenvalue weighted by molar-refractivity contribution is -0.130. The molecule has 1 N–H and O–H groups in total. The second-order valence-electron chi connectivity index (χ2n) is 3.45. The molecule has 1 amide bonds. The zero-order valence-electron chi connectivity index (χ0n) is 8.16. The number of thiophene rings is 1. The van der Waals surface area contributed by atoms with E-state index >= 15 is 0 Å². The van der Waals surface area contributed by atoms with Crippen molar-refractivity contribution in [3.8, 4) is 0 Å². The minimum atomic E-state index is -0.228. The number of halogens is 1. The van der Waals surface area contributed by atoms with Crippen LogP contribution in [0.5, 0.6) is 0 Å². The van der Waals surface area contributed by atoms with Crippen molar-refractivity contribution in [2.24, 2.45) is 0 Å². The van der Waals surface area contributed by atoms with Crippen molar-refractivity contribution in [1.82, 2.24) is 5.32 Å². The van der Waals surface area contributed by atoms with Crippen molar-refractivity contribution in [3.63, 3.8) is 0 Å². The first-order valence-electron chi connectivity index (χ1n) is 4.88. The Labute approximate surface area is 101 Å². The van der Waals surface area contributed by atoms with Gasteiger partial charge in [-0.1, -0.05) is 0 Å². The van der Waals surface area contributed by atoms with E-state index in [1.807, 2.05) is 11.4 Å². The molecule has 0 spiro atoms. The molecule has 1 aromatic rings. The average Bonchev–Trinajstić information content (AvgIpc) is 2.84. The van der Waals surface area contributed by atoms with Crippen LogP contribution in [-0.4, -0.2) is 18.6 Å². The van der Waals surface area contributed by atoms with Gasteiger partial charge in [0.2, 0.25) is 5.91 Å². The number of hydrogen-bond acceptors (Lipinski definition) is 3. The molecule has 0 bridgehead atoms. The molecule has 1 aliphatic heterocycles. The summed E-state index contributed by atoms with van der Waals surface area (Å²) in [5, 5.41) is 4.89. The third kappa shape index (κ3) is 3.03. The third-order valence-electron chi connectivity index (χ3n) is 2.28. The first-order valence-corrected chi connectivity index (χ1v) is 6.55. The molecule has 1 aliphatic rings. The smallest absolute Gasteiger partial charge is 0.249 e. The minimum absolute atomic E-state index is 0.0111. The van der Waals surface area contributed by atoms with E-state index in [2.05, 4.69) is 21.2 Å². The molecular formula is C10H12BrNO2S. The quantitative estimate of drug-likeness (QED) is 0.927. The molecule has 1 saturated heterocycles. The van der Waals surface area contributed by atoms with E-state index < -0.39 is 0 Å². The summed E-state index contributed by atoms with van der Waals surface area (Å²) in [5.41, 5.74) is 0. The van der Waals surface area contributed by atoms with Crippen LogP contribution in [0, 0.1) is 0 Å². The molecule has 0 radical (unpaired) electrons. The van der Waals surface area contributed by atoms with Crippen molar-refractivity contribution < 1.29 is 9.53 Å². The third-order valence-corrected chi connectivity index (χ3v) is 3.98. The molecule has 1 atom stereocenters. The zero-order valence-corrected chi connectivity index (χ0v) is 10.6. The summed E-state index contributed by atoms with van der Waals surface area (Å²) in [5.74, 6) is 0.0111. The molecule has 15 heavy (non-hydrogen) atoms. The number of rotatable bonds is 3. The van der Waals surface area contributed by atoms with Gasteiger partial charge in [0.05, 0.1) is 6.54 Å². The van der Waals surface area contributed by atoms with Gasteiger partial charge >= 0.3 is 0 Å². The van der Waals surface area contributed by atoms with Gasteiger partial charge in [0.25, 0.3) is 0 Å². The average molecular weight is 290 g/mol. The lowest BCUT2D eigenvalue weighted by Crippen LogP contribution is -2.33. The molecule has 1 aromatic heterocycles. The number of nitrogens with one attached hydrogen (secondary N) is 1. The largest absolute Gasteiger partial charge is 0.368 e. The minimum Gasteiger partial charge on any atom is -0.368 e. The maximum Gasteiger partial charge on any atom is 0.249 e. The van der Waals surface area contributed by atoms with Gasteiger partial charge in [-0.05, 0) is 34.8 Å². The maximum atomic E-state index is 11.6. The number of carbonyl (C=O) groups excluding carboxylic acids is 1. The van der Waals surface area contributed by atoms with E-state index in [0.29, 0.717) is 13.2 Å². The van der Waals surface area contributed by atoms with Crippen LogP contribution in [0.3, 0.4) is 0 Å². The molecule has 0 saturated carbocycles. The normalized spacial score (nSPS) is 20.5. The van der Waals surface area contributed by atoms with Gasteiger partial charge in [-0.3, -0.25) is 4.79 Å². The Balaban J connectivity index is 1.80. The lowest BCUT2D eigenvalue weighted by atomic mass is 10.2. The molecule has 0 aliphatic carbocycles. The molecule has 1 unspecified atom stereocenters. The van der Waals surface area contributed by atoms with E-state index in [1.165, 1.54) is 0 Å². The highest BCUT2D eigenvalue weighted by Gasteiger charge is 2.22. The van der Waals surface area contributed by atoms with Gasteiger partial charge < -0.3 is 10.1 Å². The highest BCUT2D eigenvalue weighted by atomic mass is 79.9.